The average Bonchev–Trinajstić information content (AvgIpc) is 3.06. The van der Waals surface area contributed by atoms with Gasteiger partial charge in [-0.15, -0.1) is 0 Å². The monoisotopic (exact) mass is 385 g/mol. The molecule has 2 amide bonds. The van der Waals surface area contributed by atoms with E-state index in [1.54, 1.807) is 7.05 Å². The lowest BCUT2D eigenvalue weighted by atomic mass is 9.85. The van der Waals surface area contributed by atoms with Crippen LogP contribution in [0.2, 0.25) is 0 Å². The molecule has 5 unspecified atom stereocenters. The maximum absolute atomic E-state index is 12.7. The van der Waals surface area contributed by atoms with Crippen molar-refractivity contribution in [1.82, 2.24) is 20.4 Å². The number of carbonyl (C=O) groups is 2. The number of carbonyl (C=O) groups excluding carboxylic acids is 2. The van der Waals surface area contributed by atoms with E-state index in [0.29, 0.717) is 19.0 Å². The van der Waals surface area contributed by atoms with Gasteiger partial charge >= 0.3 is 0 Å². The lowest BCUT2D eigenvalue weighted by Gasteiger charge is -2.19. The van der Waals surface area contributed by atoms with E-state index < -0.39 is 0 Å². The second-order valence-corrected chi connectivity index (χ2v) is 9.09. The van der Waals surface area contributed by atoms with Crippen molar-refractivity contribution in [2.45, 2.75) is 31.7 Å². The molecule has 7 nitrogen and oxygen atoms in total. The maximum Gasteiger partial charge on any atom is 0.233 e. The van der Waals surface area contributed by atoms with Crippen LogP contribution < -0.4 is 10.6 Å². The number of nitrogens with one attached hydrogen (secondary N) is 2. The minimum atomic E-state index is -0.100. The first kappa shape index (κ1) is 18.2. The first-order chi connectivity index (χ1) is 13.7. The fourth-order valence-corrected chi connectivity index (χ4v) is 5.73. The second kappa shape index (κ2) is 7.17. The summed E-state index contributed by atoms with van der Waals surface area (Å²) in [6.45, 7) is 4.29. The molecule has 2 saturated heterocycles. The van der Waals surface area contributed by atoms with Crippen molar-refractivity contribution in [3.8, 4) is 0 Å². The molecular weight excluding hydrogens is 354 g/mol. The highest BCUT2D eigenvalue weighted by Crippen LogP contribution is 2.52. The zero-order chi connectivity index (χ0) is 19.3. The highest BCUT2D eigenvalue weighted by molar-refractivity contribution is 6.06. The van der Waals surface area contributed by atoms with Crippen LogP contribution in [0, 0.1) is 29.6 Å². The number of imide groups is 1. The Kier molecular flexibility index (Phi) is 4.65. The number of hydrogen-bond donors (Lipinski definition) is 2. The van der Waals surface area contributed by atoms with Gasteiger partial charge in [0.15, 0.2) is 5.96 Å². The Bertz CT molecular complexity index is 686. The minimum absolute atomic E-state index is 0.0303. The Morgan fingerprint density at radius 2 is 1.82 bits per heavy atom. The van der Waals surface area contributed by atoms with Crippen molar-refractivity contribution < 1.29 is 9.59 Å². The molecule has 5 rings (SSSR count). The molecule has 7 heteroatoms. The summed E-state index contributed by atoms with van der Waals surface area (Å²) in [7, 11) is 1.76. The molecular formula is C21H31N5O2. The van der Waals surface area contributed by atoms with Crippen molar-refractivity contribution in [2.24, 2.45) is 34.6 Å². The van der Waals surface area contributed by atoms with Gasteiger partial charge in [-0.25, -0.2) is 0 Å². The van der Waals surface area contributed by atoms with Crippen LogP contribution in [0.5, 0.6) is 0 Å². The van der Waals surface area contributed by atoms with Crippen LogP contribution in [0.25, 0.3) is 0 Å². The van der Waals surface area contributed by atoms with Crippen molar-refractivity contribution in [3.63, 3.8) is 0 Å². The first-order valence-corrected chi connectivity index (χ1v) is 10.9. The largest absolute Gasteiger partial charge is 0.356 e. The van der Waals surface area contributed by atoms with Gasteiger partial charge in [-0.05, 0) is 50.0 Å². The summed E-state index contributed by atoms with van der Waals surface area (Å²) in [5.41, 5.74) is 0. The highest BCUT2D eigenvalue weighted by Gasteiger charge is 2.58. The Labute approximate surface area is 166 Å². The van der Waals surface area contributed by atoms with Gasteiger partial charge in [0.2, 0.25) is 11.8 Å². The number of rotatable bonds is 6. The molecule has 152 valence electrons. The predicted octanol–water partition coefficient (Wildman–Crippen LogP) is 0.443. The molecule has 2 aliphatic heterocycles. The molecule has 0 radical (unpaired) electrons. The van der Waals surface area contributed by atoms with Gasteiger partial charge in [0.25, 0.3) is 0 Å². The van der Waals surface area contributed by atoms with Crippen LogP contribution in [0.4, 0.5) is 0 Å². The number of aliphatic imine (C=N–C) groups is 1. The molecule has 2 saturated carbocycles. The Hall–Kier alpha value is -1.89. The van der Waals surface area contributed by atoms with E-state index in [1.807, 2.05) is 0 Å². The fraction of sp³-hybridized carbons (Fsp3) is 0.762. The van der Waals surface area contributed by atoms with E-state index >= 15 is 0 Å². The van der Waals surface area contributed by atoms with Crippen LogP contribution in [-0.4, -0.2) is 73.4 Å². The van der Waals surface area contributed by atoms with Crippen LogP contribution in [0.15, 0.2) is 17.1 Å². The number of amides is 2. The third kappa shape index (κ3) is 3.13. The number of likely N-dealkylation sites (tertiary alicyclic amines) is 2. The van der Waals surface area contributed by atoms with Crippen molar-refractivity contribution >= 4 is 17.8 Å². The minimum Gasteiger partial charge on any atom is -0.356 e. The normalized spacial score (nSPS) is 37.2. The van der Waals surface area contributed by atoms with Crippen molar-refractivity contribution in [2.75, 3.05) is 39.8 Å². The summed E-state index contributed by atoms with van der Waals surface area (Å²) in [6, 6.07) is 0.850. The van der Waals surface area contributed by atoms with Gasteiger partial charge in [-0.1, -0.05) is 12.2 Å². The van der Waals surface area contributed by atoms with Gasteiger partial charge in [-0.3, -0.25) is 19.5 Å². The van der Waals surface area contributed by atoms with E-state index in [1.165, 1.54) is 37.3 Å². The van der Waals surface area contributed by atoms with Gasteiger partial charge < -0.3 is 15.5 Å². The highest BCUT2D eigenvalue weighted by atomic mass is 16.2. The molecule has 5 aliphatic rings. The van der Waals surface area contributed by atoms with Crippen LogP contribution in [0.1, 0.15) is 25.7 Å². The lowest BCUT2D eigenvalue weighted by molar-refractivity contribution is -0.140. The van der Waals surface area contributed by atoms with Crippen LogP contribution in [0.3, 0.4) is 0 Å². The third-order valence-electron chi connectivity index (χ3n) is 7.35. The number of nitrogens with zero attached hydrogens (tertiary/aromatic N) is 3. The van der Waals surface area contributed by atoms with E-state index in [-0.39, 0.29) is 35.5 Å². The smallest absolute Gasteiger partial charge is 0.233 e. The number of allylic oxidation sites excluding steroid dienone is 2. The molecule has 0 aromatic heterocycles. The molecule has 4 fully saturated rings. The predicted molar refractivity (Wildman–Crippen MR) is 107 cm³/mol. The standard InChI is InChI=1S/C21H31N5O2/c1-22-21(24-11-13-6-8-25(12-13)16-4-5-16)23-7-9-26-19(27)17-14-2-3-15(10-14)18(17)20(26)28/h2-3,13-18H,4-12H2,1H3,(H2,22,23,24). The fourth-order valence-electron chi connectivity index (χ4n) is 5.73. The zero-order valence-electron chi connectivity index (χ0n) is 16.6. The maximum atomic E-state index is 12.7. The van der Waals surface area contributed by atoms with Gasteiger partial charge in [0.05, 0.1) is 11.8 Å². The first-order valence-electron chi connectivity index (χ1n) is 10.9. The second-order valence-electron chi connectivity index (χ2n) is 9.09. The SMILES string of the molecule is CN=C(NCCN1C(=O)C2C3C=CC(C3)C2C1=O)NCC1CCN(C2CC2)C1. The van der Waals surface area contributed by atoms with Crippen molar-refractivity contribution in [1.29, 1.82) is 0 Å². The van der Waals surface area contributed by atoms with E-state index in [2.05, 4.69) is 32.7 Å². The third-order valence-corrected chi connectivity index (χ3v) is 7.35. The van der Waals surface area contributed by atoms with Crippen molar-refractivity contribution in [3.05, 3.63) is 12.2 Å². The summed E-state index contributed by atoms with van der Waals surface area (Å²) < 4.78 is 0. The Morgan fingerprint density at radius 3 is 2.46 bits per heavy atom. The van der Waals surface area contributed by atoms with E-state index in [0.717, 1.165) is 25.0 Å². The summed E-state index contributed by atoms with van der Waals surface area (Å²) in [6.07, 6.45) is 9.24. The van der Waals surface area contributed by atoms with Gasteiger partial charge in [-0.2, -0.15) is 0 Å². The number of hydrogen-bond acceptors (Lipinski definition) is 4. The van der Waals surface area contributed by atoms with Crippen LogP contribution >= 0.6 is 0 Å². The summed E-state index contributed by atoms with van der Waals surface area (Å²) in [5.74, 6) is 1.84. The molecule has 2 bridgehead atoms. The molecule has 2 heterocycles. The topological polar surface area (TPSA) is 77.0 Å². The molecule has 5 atom stereocenters. The average molecular weight is 386 g/mol. The van der Waals surface area contributed by atoms with E-state index in [9.17, 15) is 9.59 Å². The molecule has 0 aromatic carbocycles. The Balaban J connectivity index is 1.07. The summed E-state index contributed by atoms with van der Waals surface area (Å²) in [5, 5.41) is 6.69. The number of fused-ring (bicyclic) bond motifs is 5. The van der Waals surface area contributed by atoms with Gasteiger partial charge in [0, 0.05) is 39.3 Å². The number of guanidine groups is 1. The Morgan fingerprint density at radius 1 is 1.11 bits per heavy atom. The summed E-state index contributed by atoms with van der Waals surface area (Å²) >= 11 is 0. The molecule has 0 aromatic rings. The lowest BCUT2D eigenvalue weighted by Crippen LogP contribution is -2.45. The van der Waals surface area contributed by atoms with E-state index in [4.69, 9.17) is 0 Å². The molecule has 2 N–H and O–H groups in total. The van der Waals surface area contributed by atoms with Gasteiger partial charge in [0.1, 0.15) is 0 Å². The zero-order valence-corrected chi connectivity index (χ0v) is 16.6. The quantitative estimate of drug-likeness (QED) is 0.300. The molecule has 28 heavy (non-hydrogen) atoms. The van der Waals surface area contributed by atoms with Crippen LogP contribution in [-0.2, 0) is 9.59 Å². The summed E-state index contributed by atoms with van der Waals surface area (Å²) in [4.78, 5) is 33.8. The molecule has 0 spiro atoms. The molecule has 3 aliphatic carbocycles.